The first-order chi connectivity index (χ1) is 4.85. The van der Waals surface area contributed by atoms with Crippen LogP contribution in [-0.2, 0) is 0 Å². The van der Waals surface area contributed by atoms with Crippen molar-refractivity contribution in [1.29, 1.82) is 0 Å². The van der Waals surface area contributed by atoms with Crippen LogP contribution in [-0.4, -0.2) is 0 Å². The van der Waals surface area contributed by atoms with E-state index in [1.54, 1.807) is 0 Å². The second kappa shape index (κ2) is 6.16. The molecule has 0 aliphatic rings. The Morgan fingerprint density at radius 2 is 2.30 bits per heavy atom. The third-order valence-electron chi connectivity index (χ3n) is 1.27. The van der Waals surface area contributed by atoms with Crippen molar-refractivity contribution in [3.63, 3.8) is 0 Å². The van der Waals surface area contributed by atoms with Gasteiger partial charge >= 0.3 is 0 Å². The lowest BCUT2D eigenvalue weighted by atomic mass is 10.1. The van der Waals surface area contributed by atoms with Gasteiger partial charge in [0.25, 0.3) is 0 Å². The Balaban J connectivity index is 3.94. The summed E-state index contributed by atoms with van der Waals surface area (Å²) < 4.78 is 0. The Kier molecular flexibility index (Phi) is 5.57. The first-order valence-corrected chi connectivity index (χ1v) is 3.60. The second-order valence-corrected chi connectivity index (χ2v) is 2.04. The fourth-order valence-electron chi connectivity index (χ4n) is 0.734. The molecule has 0 saturated heterocycles. The maximum absolute atomic E-state index is 5.11. The zero-order valence-corrected chi connectivity index (χ0v) is 6.72. The summed E-state index contributed by atoms with van der Waals surface area (Å²) in [5, 5.41) is 0. The van der Waals surface area contributed by atoms with E-state index in [2.05, 4.69) is 25.0 Å². The highest BCUT2D eigenvalue weighted by Gasteiger charge is 1.83. The molecule has 54 valence electrons. The summed E-state index contributed by atoms with van der Waals surface area (Å²) in [6.07, 6.45) is 13.1. The molecule has 0 fully saturated rings. The van der Waals surface area contributed by atoms with E-state index < -0.39 is 0 Å². The summed E-state index contributed by atoms with van der Waals surface area (Å²) >= 11 is 0. The van der Waals surface area contributed by atoms with E-state index in [1.165, 1.54) is 5.57 Å². The second-order valence-electron chi connectivity index (χ2n) is 2.04. The molecular formula is C10H14. The Bertz CT molecular complexity index is 165. The van der Waals surface area contributed by atoms with E-state index in [9.17, 15) is 0 Å². The predicted molar refractivity (Wildman–Crippen MR) is 46.6 cm³/mol. The summed E-state index contributed by atoms with van der Waals surface area (Å²) in [4.78, 5) is 0. The lowest BCUT2D eigenvalue weighted by molar-refractivity contribution is 1.13. The Labute approximate surface area is 63.6 Å². The number of rotatable bonds is 3. The van der Waals surface area contributed by atoms with Gasteiger partial charge in [0.1, 0.15) is 0 Å². The zero-order chi connectivity index (χ0) is 7.82. The summed E-state index contributed by atoms with van der Waals surface area (Å²) in [7, 11) is 0. The molecule has 0 atom stereocenters. The molecule has 0 aromatic heterocycles. The first-order valence-electron chi connectivity index (χ1n) is 3.60. The molecule has 0 aromatic carbocycles. The van der Waals surface area contributed by atoms with Crippen LogP contribution in [0.25, 0.3) is 0 Å². The zero-order valence-electron chi connectivity index (χ0n) is 6.72. The lowest BCUT2D eigenvalue weighted by Crippen LogP contribution is -1.73. The molecule has 0 amide bonds. The summed E-state index contributed by atoms with van der Waals surface area (Å²) in [5.74, 6) is 2.58. The Hall–Kier alpha value is -0.960. The third-order valence-corrected chi connectivity index (χ3v) is 1.27. The van der Waals surface area contributed by atoms with Gasteiger partial charge in [-0.1, -0.05) is 30.7 Å². The van der Waals surface area contributed by atoms with Crippen LogP contribution in [0.2, 0.25) is 0 Å². The Morgan fingerprint density at radius 3 is 2.70 bits per heavy atom. The van der Waals surface area contributed by atoms with E-state index in [4.69, 9.17) is 6.42 Å². The number of hydrogen-bond acceptors (Lipinski definition) is 0. The SMILES string of the molecule is C#CC/C=C(\C=C/C)CC. The summed E-state index contributed by atoms with van der Waals surface area (Å²) in [5.41, 5.74) is 1.32. The van der Waals surface area contributed by atoms with Gasteiger partial charge in [0, 0.05) is 6.42 Å². The van der Waals surface area contributed by atoms with Crippen LogP contribution in [0, 0.1) is 12.3 Å². The van der Waals surface area contributed by atoms with Crippen molar-refractivity contribution in [2.24, 2.45) is 0 Å². The van der Waals surface area contributed by atoms with Crippen molar-refractivity contribution >= 4 is 0 Å². The summed E-state index contributed by atoms with van der Waals surface area (Å²) in [6.45, 7) is 4.14. The normalized spacial score (nSPS) is 11.9. The maximum Gasteiger partial charge on any atom is 0.0272 e. The van der Waals surface area contributed by atoms with Crippen LogP contribution in [0.3, 0.4) is 0 Å². The molecule has 0 aromatic rings. The fraction of sp³-hybridized carbons (Fsp3) is 0.400. The van der Waals surface area contributed by atoms with Crippen molar-refractivity contribution < 1.29 is 0 Å². The van der Waals surface area contributed by atoms with Gasteiger partial charge in [-0.3, -0.25) is 0 Å². The molecule has 0 heteroatoms. The minimum absolute atomic E-state index is 0.744. The highest BCUT2D eigenvalue weighted by molar-refractivity contribution is 5.19. The smallest absolute Gasteiger partial charge is 0.0272 e. The molecule has 0 spiro atoms. The monoisotopic (exact) mass is 134 g/mol. The van der Waals surface area contributed by atoms with E-state index in [0.29, 0.717) is 0 Å². The van der Waals surface area contributed by atoms with Gasteiger partial charge in [-0.2, -0.15) is 0 Å². The molecule has 0 N–H and O–H groups in total. The topological polar surface area (TPSA) is 0 Å². The van der Waals surface area contributed by atoms with Crippen molar-refractivity contribution in [3.05, 3.63) is 23.8 Å². The van der Waals surface area contributed by atoms with Crippen LogP contribution in [0.5, 0.6) is 0 Å². The molecule has 0 saturated carbocycles. The van der Waals surface area contributed by atoms with E-state index in [0.717, 1.165) is 12.8 Å². The minimum atomic E-state index is 0.744. The molecule has 0 radical (unpaired) electrons. The van der Waals surface area contributed by atoms with Crippen LogP contribution in [0.4, 0.5) is 0 Å². The van der Waals surface area contributed by atoms with Gasteiger partial charge in [0.05, 0.1) is 0 Å². The highest BCUT2D eigenvalue weighted by Crippen LogP contribution is 2.02. The third kappa shape index (κ3) is 3.97. The minimum Gasteiger partial charge on any atom is -0.120 e. The van der Waals surface area contributed by atoms with Crippen LogP contribution >= 0.6 is 0 Å². The maximum atomic E-state index is 5.11. The largest absolute Gasteiger partial charge is 0.120 e. The van der Waals surface area contributed by atoms with Crippen LogP contribution in [0.1, 0.15) is 26.7 Å². The molecule has 0 rings (SSSR count). The number of terminal acetylenes is 1. The molecule has 0 nitrogen and oxygen atoms in total. The molecule has 0 unspecified atom stereocenters. The van der Waals surface area contributed by atoms with E-state index in [-0.39, 0.29) is 0 Å². The quantitative estimate of drug-likeness (QED) is 0.411. The van der Waals surface area contributed by atoms with Gasteiger partial charge in [0.15, 0.2) is 0 Å². The lowest BCUT2D eigenvalue weighted by Gasteiger charge is -1.92. The van der Waals surface area contributed by atoms with Crippen LogP contribution in [0.15, 0.2) is 23.8 Å². The highest BCUT2D eigenvalue weighted by atomic mass is 13.9. The van der Waals surface area contributed by atoms with Gasteiger partial charge in [-0.25, -0.2) is 0 Å². The van der Waals surface area contributed by atoms with E-state index in [1.807, 2.05) is 13.0 Å². The van der Waals surface area contributed by atoms with Crippen molar-refractivity contribution in [2.75, 3.05) is 0 Å². The van der Waals surface area contributed by atoms with Crippen molar-refractivity contribution in [2.45, 2.75) is 26.7 Å². The van der Waals surface area contributed by atoms with Gasteiger partial charge in [0.2, 0.25) is 0 Å². The summed E-state index contributed by atoms with van der Waals surface area (Å²) in [6, 6.07) is 0. The molecule has 0 aliphatic heterocycles. The molecule has 0 bridgehead atoms. The molecular weight excluding hydrogens is 120 g/mol. The van der Waals surface area contributed by atoms with E-state index >= 15 is 0 Å². The molecule has 10 heavy (non-hydrogen) atoms. The first kappa shape index (κ1) is 9.04. The number of hydrogen-bond donors (Lipinski definition) is 0. The van der Waals surface area contributed by atoms with Gasteiger partial charge in [-0.15, -0.1) is 12.3 Å². The average Bonchev–Trinajstić information content (AvgIpc) is 1.98. The van der Waals surface area contributed by atoms with Gasteiger partial charge < -0.3 is 0 Å². The number of allylic oxidation sites excluding steroid dienone is 4. The van der Waals surface area contributed by atoms with Crippen molar-refractivity contribution in [1.82, 2.24) is 0 Å². The standard InChI is InChI=1S/C10H14/c1-4-7-9-10(6-3)8-5-2/h1,5,8-9H,6-7H2,2-3H3/b8-5-,10-9-. The van der Waals surface area contributed by atoms with Crippen molar-refractivity contribution in [3.8, 4) is 12.3 Å². The van der Waals surface area contributed by atoms with Crippen LogP contribution < -0.4 is 0 Å². The predicted octanol–water partition coefficient (Wildman–Crippen LogP) is 2.92. The fourth-order valence-corrected chi connectivity index (χ4v) is 0.734. The average molecular weight is 134 g/mol. The Morgan fingerprint density at radius 1 is 1.60 bits per heavy atom. The molecule has 0 aliphatic carbocycles. The molecule has 0 heterocycles. The van der Waals surface area contributed by atoms with Gasteiger partial charge in [-0.05, 0) is 13.3 Å².